The summed E-state index contributed by atoms with van der Waals surface area (Å²) < 4.78 is 13.5. The lowest BCUT2D eigenvalue weighted by Crippen LogP contribution is -2.15. The molecule has 0 spiro atoms. The van der Waals surface area contributed by atoms with E-state index in [0.717, 1.165) is 33.9 Å². The van der Waals surface area contributed by atoms with Crippen LogP contribution < -0.4 is 15.2 Å². The van der Waals surface area contributed by atoms with Gasteiger partial charge in [-0.2, -0.15) is 5.26 Å². The molecule has 0 bridgehead atoms. The van der Waals surface area contributed by atoms with Gasteiger partial charge in [-0.25, -0.2) is 4.98 Å². The van der Waals surface area contributed by atoms with Gasteiger partial charge in [-0.05, 0) is 24.2 Å². The van der Waals surface area contributed by atoms with Crippen LogP contribution in [0, 0.1) is 11.3 Å². The summed E-state index contributed by atoms with van der Waals surface area (Å²) in [4.78, 5) is 4.74. The van der Waals surface area contributed by atoms with Crippen molar-refractivity contribution in [1.82, 2.24) is 9.55 Å². The van der Waals surface area contributed by atoms with Gasteiger partial charge >= 0.3 is 0 Å². The number of nitriles is 1. The van der Waals surface area contributed by atoms with Crippen molar-refractivity contribution in [2.24, 2.45) is 5.73 Å². The average molecular weight is 334 g/mol. The molecule has 6 nitrogen and oxygen atoms in total. The van der Waals surface area contributed by atoms with E-state index < -0.39 is 0 Å². The van der Waals surface area contributed by atoms with E-state index in [1.54, 1.807) is 0 Å². The van der Waals surface area contributed by atoms with Gasteiger partial charge in [0.25, 0.3) is 0 Å². The van der Waals surface area contributed by atoms with Gasteiger partial charge in [0.15, 0.2) is 11.5 Å². The quantitative estimate of drug-likeness (QED) is 0.791. The van der Waals surface area contributed by atoms with E-state index in [1.165, 1.54) is 0 Å². The third-order valence-electron chi connectivity index (χ3n) is 4.28. The van der Waals surface area contributed by atoms with Crippen molar-refractivity contribution in [3.63, 3.8) is 0 Å². The van der Waals surface area contributed by atoms with Crippen LogP contribution in [0.4, 0.5) is 0 Å². The highest BCUT2D eigenvalue weighted by atomic mass is 16.6. The van der Waals surface area contributed by atoms with Crippen LogP contribution in [0.1, 0.15) is 17.0 Å². The normalized spacial score (nSPS) is 13.0. The maximum absolute atomic E-state index is 8.95. The molecule has 1 aromatic heterocycles. The molecule has 2 N–H and O–H groups in total. The number of benzene rings is 2. The molecule has 0 saturated carbocycles. The summed E-state index contributed by atoms with van der Waals surface area (Å²) in [5.41, 5.74) is 9.40. The number of nitrogens with two attached hydrogens (primary N) is 1. The largest absolute Gasteiger partial charge is 0.486 e. The van der Waals surface area contributed by atoms with Crippen molar-refractivity contribution in [3.05, 3.63) is 53.3 Å². The van der Waals surface area contributed by atoms with Crippen LogP contribution in [0.25, 0.3) is 11.0 Å². The van der Waals surface area contributed by atoms with Crippen molar-refractivity contribution in [2.45, 2.75) is 13.0 Å². The van der Waals surface area contributed by atoms with Crippen LogP contribution >= 0.6 is 0 Å². The number of imidazole rings is 1. The zero-order valence-corrected chi connectivity index (χ0v) is 13.7. The molecule has 0 amide bonds. The Bertz CT molecular complexity index is 954. The molecule has 0 atom stereocenters. The Labute approximate surface area is 145 Å². The summed E-state index contributed by atoms with van der Waals surface area (Å²) in [6.45, 7) is 2.30. The number of rotatable bonds is 4. The molecule has 4 rings (SSSR count). The van der Waals surface area contributed by atoms with E-state index in [-0.39, 0.29) is 0 Å². The van der Waals surface area contributed by atoms with Gasteiger partial charge in [0, 0.05) is 25.1 Å². The summed E-state index contributed by atoms with van der Waals surface area (Å²) in [5.74, 6) is 2.42. The fourth-order valence-electron chi connectivity index (χ4n) is 3.08. The van der Waals surface area contributed by atoms with E-state index in [4.69, 9.17) is 25.5 Å². The number of ether oxygens (including phenoxy) is 2. The van der Waals surface area contributed by atoms with Crippen molar-refractivity contribution >= 4 is 11.0 Å². The van der Waals surface area contributed by atoms with Gasteiger partial charge in [0.05, 0.1) is 22.7 Å². The second-order valence-corrected chi connectivity index (χ2v) is 5.95. The highest BCUT2D eigenvalue weighted by Crippen LogP contribution is 2.35. The molecule has 0 radical (unpaired) electrons. The zero-order valence-electron chi connectivity index (χ0n) is 13.7. The van der Waals surface area contributed by atoms with Crippen LogP contribution in [-0.4, -0.2) is 29.3 Å². The van der Waals surface area contributed by atoms with Gasteiger partial charge in [-0.3, -0.25) is 0 Å². The zero-order chi connectivity index (χ0) is 17.2. The number of fused-ring (bicyclic) bond motifs is 2. The first kappa shape index (κ1) is 15.5. The molecule has 0 unspecified atom stereocenters. The highest BCUT2D eigenvalue weighted by molar-refractivity contribution is 5.81. The van der Waals surface area contributed by atoms with E-state index in [9.17, 15) is 0 Å². The van der Waals surface area contributed by atoms with Crippen molar-refractivity contribution in [2.75, 3.05) is 19.8 Å². The number of nitrogens with zero attached hydrogens (tertiary/aromatic N) is 3. The van der Waals surface area contributed by atoms with Gasteiger partial charge in [0.2, 0.25) is 0 Å². The van der Waals surface area contributed by atoms with Crippen LogP contribution in [0.15, 0.2) is 36.4 Å². The minimum atomic E-state index is 0.531. The second kappa shape index (κ2) is 6.46. The number of hydrogen-bond acceptors (Lipinski definition) is 5. The smallest absolute Gasteiger partial charge is 0.163 e. The molecule has 2 heterocycles. The summed E-state index contributed by atoms with van der Waals surface area (Å²) in [6.07, 6.45) is 0.692. The van der Waals surface area contributed by atoms with Gasteiger partial charge < -0.3 is 19.8 Å². The summed E-state index contributed by atoms with van der Waals surface area (Å²) in [5, 5.41) is 8.95. The lowest BCUT2D eigenvalue weighted by molar-refractivity contribution is 0.172. The van der Waals surface area contributed by atoms with Crippen LogP contribution in [0.3, 0.4) is 0 Å². The molecule has 0 fully saturated rings. The Morgan fingerprint density at radius 3 is 2.52 bits per heavy atom. The summed E-state index contributed by atoms with van der Waals surface area (Å²) in [6, 6.07) is 13.7. The molecular formula is C19H18N4O2. The predicted molar refractivity (Wildman–Crippen MR) is 93.7 cm³/mol. The molecule has 6 heteroatoms. The Kier molecular flexibility index (Phi) is 4.00. The van der Waals surface area contributed by atoms with Crippen molar-refractivity contribution in [1.29, 1.82) is 5.26 Å². The van der Waals surface area contributed by atoms with Crippen molar-refractivity contribution < 1.29 is 9.47 Å². The monoisotopic (exact) mass is 334 g/mol. The topological polar surface area (TPSA) is 86.1 Å². The lowest BCUT2D eigenvalue weighted by atomic mass is 10.1. The fraction of sp³-hybridized carbons (Fsp3) is 0.263. The summed E-state index contributed by atoms with van der Waals surface area (Å²) in [7, 11) is 0. The maximum Gasteiger partial charge on any atom is 0.163 e. The van der Waals surface area contributed by atoms with E-state index in [0.29, 0.717) is 38.3 Å². The molecule has 2 aromatic carbocycles. The molecular weight excluding hydrogens is 316 g/mol. The van der Waals surface area contributed by atoms with E-state index in [2.05, 4.69) is 10.6 Å². The van der Waals surface area contributed by atoms with Crippen molar-refractivity contribution in [3.8, 4) is 17.6 Å². The molecule has 126 valence electrons. The first-order chi connectivity index (χ1) is 12.3. The molecule has 0 aliphatic carbocycles. The Hall–Kier alpha value is -3.04. The number of hydrogen-bond donors (Lipinski definition) is 1. The van der Waals surface area contributed by atoms with Gasteiger partial charge in [0.1, 0.15) is 19.0 Å². The molecule has 3 aromatic rings. The van der Waals surface area contributed by atoms with Gasteiger partial charge in [-0.15, -0.1) is 0 Å². The predicted octanol–water partition coefficient (Wildman–Crippen LogP) is 2.23. The molecule has 1 aliphatic heterocycles. The van der Waals surface area contributed by atoms with E-state index >= 15 is 0 Å². The minimum Gasteiger partial charge on any atom is -0.486 e. The second-order valence-electron chi connectivity index (χ2n) is 5.95. The van der Waals surface area contributed by atoms with Crippen LogP contribution in [0.5, 0.6) is 11.5 Å². The third-order valence-corrected chi connectivity index (χ3v) is 4.28. The standard InChI is InChI=1S/C19H18N4O2/c20-6-5-19-22-15-9-17-18(25-8-7-24-17)10-16(15)23(19)12-14-3-1-13(11-21)2-4-14/h1-4,9-10H,5-8,12,20H2. The summed E-state index contributed by atoms with van der Waals surface area (Å²) >= 11 is 0. The highest BCUT2D eigenvalue weighted by Gasteiger charge is 2.18. The Morgan fingerprint density at radius 2 is 1.84 bits per heavy atom. The average Bonchev–Trinajstić information content (AvgIpc) is 2.97. The first-order valence-electron chi connectivity index (χ1n) is 8.26. The fourth-order valence-corrected chi connectivity index (χ4v) is 3.08. The SMILES string of the molecule is N#Cc1ccc(Cn2c(CCN)nc3cc4c(cc32)OCCO4)cc1. The lowest BCUT2D eigenvalue weighted by Gasteiger charge is -2.18. The Morgan fingerprint density at radius 1 is 1.12 bits per heavy atom. The minimum absolute atomic E-state index is 0.531. The van der Waals surface area contributed by atoms with Crippen LogP contribution in [-0.2, 0) is 13.0 Å². The van der Waals surface area contributed by atoms with Crippen LogP contribution in [0.2, 0.25) is 0 Å². The number of aromatic nitrogens is 2. The third kappa shape index (κ3) is 2.90. The maximum atomic E-state index is 8.95. The van der Waals surface area contributed by atoms with Gasteiger partial charge in [-0.1, -0.05) is 12.1 Å². The first-order valence-corrected chi connectivity index (χ1v) is 8.26. The van der Waals surface area contributed by atoms with E-state index in [1.807, 2.05) is 36.4 Å². The Balaban J connectivity index is 1.79. The molecule has 1 aliphatic rings. The molecule has 25 heavy (non-hydrogen) atoms. The molecule has 0 saturated heterocycles.